The van der Waals surface area contributed by atoms with Gasteiger partial charge in [-0.2, -0.15) is 0 Å². The molecule has 112 valence electrons. The number of carbonyl (C=O) groups is 1. The third kappa shape index (κ3) is 2.38. The highest BCUT2D eigenvalue weighted by Gasteiger charge is 2.23. The SMILES string of the molecule is COc1cccc2cc(C(=O)N3CCN(C)CC3)n(C)c12. The molecule has 1 aromatic heterocycles. The number of hydrogen-bond donors (Lipinski definition) is 0. The molecular weight excluding hydrogens is 266 g/mol. The highest BCUT2D eigenvalue weighted by atomic mass is 16.5. The number of likely N-dealkylation sites (N-methyl/N-ethyl adjacent to an activating group) is 1. The number of nitrogens with zero attached hydrogens (tertiary/aromatic N) is 3. The van der Waals surface area contributed by atoms with Crippen LogP contribution in [0.15, 0.2) is 24.3 Å². The van der Waals surface area contributed by atoms with Crippen molar-refractivity contribution in [3.8, 4) is 5.75 Å². The van der Waals surface area contributed by atoms with Crippen molar-refractivity contribution in [2.45, 2.75) is 0 Å². The summed E-state index contributed by atoms with van der Waals surface area (Å²) in [5.74, 6) is 0.899. The van der Waals surface area contributed by atoms with Gasteiger partial charge in [0.1, 0.15) is 11.4 Å². The second-order valence-electron chi connectivity index (χ2n) is 5.58. The summed E-state index contributed by atoms with van der Waals surface area (Å²) in [6.07, 6.45) is 0. The number of rotatable bonds is 2. The summed E-state index contributed by atoms with van der Waals surface area (Å²) >= 11 is 0. The number of aromatic nitrogens is 1. The minimum Gasteiger partial charge on any atom is -0.495 e. The lowest BCUT2D eigenvalue weighted by Crippen LogP contribution is -2.47. The molecule has 1 amide bonds. The van der Waals surface area contributed by atoms with Crippen molar-refractivity contribution < 1.29 is 9.53 Å². The van der Waals surface area contributed by atoms with E-state index in [1.807, 2.05) is 40.8 Å². The summed E-state index contributed by atoms with van der Waals surface area (Å²) < 4.78 is 7.35. The van der Waals surface area contributed by atoms with Crippen LogP contribution < -0.4 is 4.74 Å². The van der Waals surface area contributed by atoms with Gasteiger partial charge in [-0.1, -0.05) is 12.1 Å². The Morgan fingerprint density at radius 3 is 2.52 bits per heavy atom. The van der Waals surface area contributed by atoms with E-state index >= 15 is 0 Å². The normalized spacial score (nSPS) is 16.4. The van der Waals surface area contributed by atoms with E-state index in [-0.39, 0.29) is 5.91 Å². The summed E-state index contributed by atoms with van der Waals surface area (Å²) in [6.45, 7) is 3.43. The summed E-state index contributed by atoms with van der Waals surface area (Å²) in [4.78, 5) is 16.9. The maximum absolute atomic E-state index is 12.7. The van der Waals surface area contributed by atoms with Gasteiger partial charge in [0.05, 0.1) is 12.6 Å². The number of benzene rings is 1. The van der Waals surface area contributed by atoms with Crippen LogP contribution in [0.25, 0.3) is 10.9 Å². The Bertz CT molecular complexity index is 669. The summed E-state index contributed by atoms with van der Waals surface area (Å²) in [6, 6.07) is 7.84. The number of piperazine rings is 1. The van der Waals surface area contributed by atoms with Crippen LogP contribution >= 0.6 is 0 Å². The molecule has 0 saturated carbocycles. The molecule has 1 saturated heterocycles. The van der Waals surface area contributed by atoms with Gasteiger partial charge in [-0.3, -0.25) is 4.79 Å². The number of methoxy groups -OCH3 is 1. The third-order valence-electron chi connectivity index (χ3n) is 4.25. The first-order valence-corrected chi connectivity index (χ1v) is 7.22. The number of amides is 1. The zero-order valence-corrected chi connectivity index (χ0v) is 12.8. The lowest BCUT2D eigenvalue weighted by molar-refractivity contribution is 0.0655. The Hall–Kier alpha value is -2.01. The number of carbonyl (C=O) groups excluding carboxylic acids is 1. The summed E-state index contributed by atoms with van der Waals surface area (Å²) in [5.41, 5.74) is 1.69. The van der Waals surface area contributed by atoms with E-state index in [4.69, 9.17) is 4.74 Å². The Morgan fingerprint density at radius 2 is 1.86 bits per heavy atom. The fourth-order valence-electron chi connectivity index (χ4n) is 2.92. The van der Waals surface area contributed by atoms with Gasteiger partial charge < -0.3 is 19.1 Å². The molecule has 1 aliphatic heterocycles. The van der Waals surface area contributed by atoms with E-state index in [2.05, 4.69) is 11.9 Å². The summed E-state index contributed by atoms with van der Waals surface area (Å²) in [7, 11) is 5.67. The first-order valence-electron chi connectivity index (χ1n) is 7.22. The van der Waals surface area contributed by atoms with Crippen LogP contribution in [0, 0.1) is 0 Å². The van der Waals surface area contributed by atoms with Gasteiger partial charge in [-0.05, 0) is 19.2 Å². The van der Waals surface area contributed by atoms with Crippen molar-refractivity contribution in [3.63, 3.8) is 0 Å². The standard InChI is InChI=1S/C16H21N3O2/c1-17-7-9-19(10-8-17)16(20)13-11-12-5-4-6-14(21-3)15(12)18(13)2/h4-6,11H,7-10H2,1-3H3. The van der Waals surface area contributed by atoms with Crippen molar-refractivity contribution in [3.05, 3.63) is 30.0 Å². The van der Waals surface area contributed by atoms with Gasteiger partial charge >= 0.3 is 0 Å². The van der Waals surface area contributed by atoms with E-state index in [1.54, 1.807) is 7.11 Å². The number of fused-ring (bicyclic) bond motifs is 1. The number of para-hydroxylation sites is 1. The molecule has 1 aromatic carbocycles. The van der Waals surface area contributed by atoms with Crippen LogP contribution in [0.4, 0.5) is 0 Å². The van der Waals surface area contributed by atoms with Crippen LogP contribution in [0.5, 0.6) is 5.75 Å². The Labute approximate surface area is 124 Å². The van der Waals surface area contributed by atoms with Gasteiger partial charge in [0, 0.05) is 38.6 Å². The zero-order chi connectivity index (χ0) is 15.0. The monoisotopic (exact) mass is 287 g/mol. The van der Waals surface area contributed by atoms with Gasteiger partial charge in [-0.15, -0.1) is 0 Å². The van der Waals surface area contributed by atoms with Gasteiger partial charge in [-0.25, -0.2) is 0 Å². The Balaban J connectivity index is 1.97. The number of hydrogen-bond acceptors (Lipinski definition) is 3. The molecule has 0 atom stereocenters. The number of ether oxygens (including phenoxy) is 1. The Morgan fingerprint density at radius 1 is 1.14 bits per heavy atom. The second-order valence-corrected chi connectivity index (χ2v) is 5.58. The van der Waals surface area contributed by atoms with Crippen LogP contribution in [-0.2, 0) is 7.05 Å². The maximum atomic E-state index is 12.7. The molecule has 2 aromatic rings. The molecule has 5 heteroatoms. The molecule has 5 nitrogen and oxygen atoms in total. The average Bonchev–Trinajstić information content (AvgIpc) is 2.84. The maximum Gasteiger partial charge on any atom is 0.270 e. The van der Waals surface area contributed by atoms with E-state index in [0.29, 0.717) is 0 Å². The molecule has 3 rings (SSSR count). The minimum atomic E-state index is 0.101. The summed E-state index contributed by atoms with van der Waals surface area (Å²) in [5, 5.41) is 1.04. The predicted molar refractivity (Wildman–Crippen MR) is 82.9 cm³/mol. The smallest absolute Gasteiger partial charge is 0.270 e. The molecule has 0 radical (unpaired) electrons. The van der Waals surface area contributed by atoms with E-state index in [1.165, 1.54) is 0 Å². The third-order valence-corrected chi connectivity index (χ3v) is 4.25. The highest BCUT2D eigenvalue weighted by molar-refractivity contribution is 6.00. The lowest BCUT2D eigenvalue weighted by atomic mass is 10.2. The van der Waals surface area contributed by atoms with Crippen molar-refractivity contribution >= 4 is 16.8 Å². The molecule has 2 heterocycles. The average molecular weight is 287 g/mol. The molecule has 0 aliphatic carbocycles. The molecule has 1 aliphatic rings. The largest absolute Gasteiger partial charge is 0.495 e. The highest BCUT2D eigenvalue weighted by Crippen LogP contribution is 2.28. The molecule has 0 unspecified atom stereocenters. The van der Waals surface area contributed by atoms with Gasteiger partial charge in [0.25, 0.3) is 5.91 Å². The quantitative estimate of drug-likeness (QED) is 0.841. The van der Waals surface area contributed by atoms with Crippen LogP contribution in [0.3, 0.4) is 0 Å². The predicted octanol–water partition coefficient (Wildman–Crippen LogP) is 1.57. The molecular formula is C16H21N3O2. The van der Waals surface area contributed by atoms with E-state index in [0.717, 1.165) is 48.5 Å². The minimum absolute atomic E-state index is 0.101. The molecule has 21 heavy (non-hydrogen) atoms. The van der Waals surface area contributed by atoms with Crippen LogP contribution in [0.2, 0.25) is 0 Å². The number of aryl methyl sites for hydroxylation is 1. The lowest BCUT2D eigenvalue weighted by Gasteiger charge is -2.32. The second kappa shape index (κ2) is 5.41. The van der Waals surface area contributed by atoms with Crippen molar-refractivity contribution in [1.82, 2.24) is 14.4 Å². The molecule has 0 bridgehead atoms. The zero-order valence-electron chi connectivity index (χ0n) is 12.8. The fraction of sp³-hybridized carbons (Fsp3) is 0.438. The van der Waals surface area contributed by atoms with Crippen LogP contribution in [-0.4, -0.2) is 60.6 Å². The van der Waals surface area contributed by atoms with Crippen LogP contribution in [0.1, 0.15) is 10.5 Å². The first-order chi connectivity index (χ1) is 10.1. The first kappa shape index (κ1) is 13.9. The molecule has 0 N–H and O–H groups in total. The van der Waals surface area contributed by atoms with E-state index in [9.17, 15) is 4.79 Å². The van der Waals surface area contributed by atoms with Crippen molar-refractivity contribution in [2.75, 3.05) is 40.3 Å². The van der Waals surface area contributed by atoms with Crippen molar-refractivity contribution in [1.29, 1.82) is 0 Å². The van der Waals surface area contributed by atoms with Gasteiger partial charge in [0.2, 0.25) is 0 Å². The Kier molecular flexibility index (Phi) is 3.59. The van der Waals surface area contributed by atoms with Crippen molar-refractivity contribution in [2.24, 2.45) is 7.05 Å². The van der Waals surface area contributed by atoms with E-state index < -0.39 is 0 Å². The molecule has 0 spiro atoms. The topological polar surface area (TPSA) is 37.7 Å². The fourth-order valence-corrected chi connectivity index (χ4v) is 2.92. The molecule has 1 fully saturated rings. The van der Waals surface area contributed by atoms with Gasteiger partial charge in [0.15, 0.2) is 0 Å².